The zero-order valence-corrected chi connectivity index (χ0v) is 61.5. The van der Waals surface area contributed by atoms with Crippen LogP contribution in [-0.2, 0) is 6.42 Å². The van der Waals surface area contributed by atoms with Crippen molar-refractivity contribution in [2.45, 2.75) is 39.0 Å². The van der Waals surface area contributed by atoms with E-state index in [1.54, 1.807) is 48.5 Å². The molecule has 0 bridgehead atoms. The molecule has 0 N–H and O–H groups in total. The van der Waals surface area contributed by atoms with Crippen molar-refractivity contribution >= 4 is 133 Å². The lowest BCUT2D eigenvalue weighted by Gasteiger charge is -2.30. The molecule has 10 heteroatoms. The van der Waals surface area contributed by atoms with Gasteiger partial charge in [0.1, 0.15) is 34.9 Å². The molecule has 0 spiro atoms. The first-order chi connectivity index (χ1) is 54.7. The smallest absolute Gasteiger partial charge is 0.125 e. The zero-order valence-electron chi connectivity index (χ0n) is 61.5. The van der Waals surface area contributed by atoms with Crippen LogP contribution in [0.15, 0.2) is 358 Å². The van der Waals surface area contributed by atoms with Crippen molar-refractivity contribution in [3.8, 4) is 22.3 Å². The van der Waals surface area contributed by atoms with E-state index < -0.39 is 29.1 Å². The maximum absolute atomic E-state index is 16.1. The Kier molecular flexibility index (Phi) is 18.4. The fourth-order valence-electron chi connectivity index (χ4n) is 16.3. The van der Waals surface area contributed by atoms with Gasteiger partial charge < -0.3 is 19.6 Å². The minimum atomic E-state index is -0.418. The average molecular weight is 1470 g/mol. The number of hydrogen-bond acceptors (Lipinski definition) is 4. The van der Waals surface area contributed by atoms with E-state index in [9.17, 15) is 0 Å². The van der Waals surface area contributed by atoms with Crippen molar-refractivity contribution in [1.29, 1.82) is 0 Å². The topological polar surface area (TPSA) is 13.0 Å². The van der Waals surface area contributed by atoms with Crippen LogP contribution in [0.25, 0.3) is 86.9 Å². The average Bonchev–Trinajstić information content (AvgIpc) is 0.735. The summed E-state index contributed by atoms with van der Waals surface area (Å²) in [6.45, 7) is 6.52. The van der Waals surface area contributed by atoms with Crippen molar-refractivity contribution < 1.29 is 26.3 Å². The maximum Gasteiger partial charge on any atom is 0.125 e. The summed E-state index contributed by atoms with van der Waals surface area (Å²) >= 11 is 0. The summed E-state index contributed by atoms with van der Waals surface area (Å²) in [6, 6.07) is 112. The molecule has 542 valence electrons. The monoisotopic (exact) mass is 1470 g/mol. The van der Waals surface area contributed by atoms with E-state index in [-0.39, 0.29) is 11.7 Å². The van der Waals surface area contributed by atoms with Crippen molar-refractivity contribution in [2.24, 2.45) is 0 Å². The highest BCUT2D eigenvalue weighted by molar-refractivity contribution is 6.26. The molecule has 0 aromatic heterocycles. The van der Waals surface area contributed by atoms with Crippen molar-refractivity contribution in [2.75, 3.05) is 19.6 Å². The minimum Gasteiger partial charge on any atom is -0.310 e. The molecule has 18 rings (SSSR count). The van der Waals surface area contributed by atoms with E-state index in [0.717, 1.165) is 133 Å². The summed E-state index contributed by atoms with van der Waals surface area (Å²) in [7, 11) is 0. The van der Waals surface area contributed by atoms with E-state index in [4.69, 9.17) is 0 Å². The van der Waals surface area contributed by atoms with E-state index in [1.807, 2.05) is 88.7 Å². The highest BCUT2D eigenvalue weighted by atomic mass is 19.1. The van der Waals surface area contributed by atoms with E-state index in [2.05, 4.69) is 200 Å². The molecule has 1 unspecified atom stereocenters. The Labute approximate surface area is 645 Å². The minimum absolute atomic E-state index is 0.0566. The number of fused-ring (bicyclic) bond motifs is 10. The van der Waals surface area contributed by atoms with Crippen LogP contribution in [0, 0.1) is 34.9 Å². The van der Waals surface area contributed by atoms with Crippen LogP contribution in [0.5, 0.6) is 0 Å². The Balaban J connectivity index is 0.675. The van der Waals surface area contributed by atoms with Crippen LogP contribution in [-0.4, -0.2) is 0 Å². The molecule has 0 saturated heterocycles. The Bertz CT molecular complexity index is 6630. The van der Waals surface area contributed by atoms with Crippen LogP contribution in [0.3, 0.4) is 0 Å². The van der Waals surface area contributed by atoms with Crippen LogP contribution in [0.1, 0.15) is 49.3 Å². The van der Waals surface area contributed by atoms with Gasteiger partial charge in [-0.25, -0.2) is 26.3 Å². The molecule has 1 atom stereocenters. The Morgan fingerprint density at radius 2 is 0.500 bits per heavy atom. The molecule has 0 fully saturated rings. The summed E-state index contributed by atoms with van der Waals surface area (Å²) in [5.74, 6) is -2.05. The first-order valence-corrected chi connectivity index (χ1v) is 37.6. The van der Waals surface area contributed by atoms with Crippen LogP contribution in [0.4, 0.5) is 94.6 Å². The standard InChI is InChI=1S/C102H72F6N4/c1-64(2)67-32-42-79(43-33-67)109(83-24-12-20-73(103)54-83)99-62-97-93-58-77(107)40-50-91(93)101(60-95(97)87-28-7-9-30-89(87)99)111(85-26-14-22-75(105)56-85)80-44-34-68(35-45-80)65(3)52-66-16-11-19-72(53-66)71-38-48-82(49-39-71)110(84-25-13-21-74(104)55-84)100-63-98-94-59-78(108)41-51-92(94)102(61-96(98)88-29-8-10-31-90(88)100)112(86-27-15-23-76(106)57-86)81-46-36-70(37-47-81)69-17-5-4-6-18-69/h4-51,53-65H,52H2,1-3H3. The Hall–Kier alpha value is -13.7. The lowest BCUT2D eigenvalue weighted by atomic mass is 9.91. The van der Waals surface area contributed by atoms with Crippen molar-refractivity contribution in [3.05, 3.63) is 410 Å². The van der Waals surface area contributed by atoms with Crippen LogP contribution < -0.4 is 19.6 Å². The van der Waals surface area contributed by atoms with E-state index in [0.29, 0.717) is 45.9 Å². The molecule has 0 saturated carbocycles. The summed E-state index contributed by atoms with van der Waals surface area (Å²) in [6.07, 6.45) is 0.710. The fourth-order valence-corrected chi connectivity index (χ4v) is 16.3. The first-order valence-electron chi connectivity index (χ1n) is 37.6. The summed E-state index contributed by atoms with van der Waals surface area (Å²) in [4.78, 5) is 8.20. The van der Waals surface area contributed by atoms with Crippen LogP contribution >= 0.6 is 0 Å². The number of benzene rings is 18. The second-order valence-electron chi connectivity index (χ2n) is 29.1. The predicted molar refractivity (Wildman–Crippen MR) is 453 cm³/mol. The quantitative estimate of drug-likeness (QED) is 0.0627. The van der Waals surface area contributed by atoms with Crippen molar-refractivity contribution in [3.63, 3.8) is 0 Å². The molecule has 0 aliphatic heterocycles. The van der Waals surface area contributed by atoms with Gasteiger partial charge in [0.15, 0.2) is 0 Å². The number of rotatable bonds is 18. The van der Waals surface area contributed by atoms with Gasteiger partial charge in [-0.2, -0.15) is 0 Å². The molecule has 0 aliphatic carbocycles. The molecule has 0 heterocycles. The van der Waals surface area contributed by atoms with Crippen LogP contribution in [0.2, 0.25) is 0 Å². The fraction of sp³-hybridized carbons (Fsp3) is 0.0588. The molecular formula is C102H72F6N4. The van der Waals surface area contributed by atoms with Gasteiger partial charge in [0.25, 0.3) is 0 Å². The van der Waals surface area contributed by atoms with Crippen molar-refractivity contribution in [1.82, 2.24) is 0 Å². The molecule has 18 aromatic rings. The Morgan fingerprint density at radius 1 is 0.205 bits per heavy atom. The number of nitrogens with zero attached hydrogens (tertiary/aromatic N) is 4. The first kappa shape index (κ1) is 70.0. The highest BCUT2D eigenvalue weighted by Crippen LogP contribution is 2.52. The number of halogens is 6. The van der Waals surface area contributed by atoms with E-state index in [1.165, 1.54) is 66.2 Å². The second kappa shape index (κ2) is 29.4. The van der Waals surface area contributed by atoms with Gasteiger partial charge in [0, 0.05) is 67.0 Å². The molecule has 4 nitrogen and oxygen atoms in total. The SMILES string of the molecule is CC(C)c1ccc(N(c2cccc(F)c2)c2cc3c4cc(F)ccc4c(N(c4ccc(C(C)Cc5cccc(-c6ccc(N(c7cccc(F)c7)c7cc8c9cc(F)ccc9c(N(c9ccc(-c%10ccccc%10)cc9)c9cccc(F)c9)cc8c8ccccc78)cc6)c5)cc4)c4cccc(F)c4)cc3c3ccccc23)cc1. The predicted octanol–water partition coefficient (Wildman–Crippen LogP) is 30.1. The lowest BCUT2D eigenvalue weighted by Crippen LogP contribution is -2.12. The molecule has 0 radical (unpaired) electrons. The van der Waals surface area contributed by atoms with Gasteiger partial charge in [0.05, 0.1) is 22.7 Å². The zero-order chi connectivity index (χ0) is 76.3. The second-order valence-corrected chi connectivity index (χ2v) is 29.1. The van der Waals surface area contributed by atoms with Gasteiger partial charge in [-0.05, 0) is 282 Å². The van der Waals surface area contributed by atoms with Gasteiger partial charge in [0.2, 0.25) is 0 Å². The molecule has 0 aliphatic rings. The largest absolute Gasteiger partial charge is 0.310 e. The summed E-state index contributed by atoms with van der Waals surface area (Å²) in [5.41, 5.74) is 16.0. The molecule has 0 amide bonds. The third-order valence-electron chi connectivity index (χ3n) is 21.7. The normalized spacial score (nSPS) is 11.9. The Morgan fingerprint density at radius 3 is 0.884 bits per heavy atom. The summed E-state index contributed by atoms with van der Waals surface area (Å²) < 4.78 is 94.5. The molecular weight excluding hydrogens is 1400 g/mol. The molecule has 18 aromatic carbocycles. The highest BCUT2D eigenvalue weighted by Gasteiger charge is 2.27. The van der Waals surface area contributed by atoms with Gasteiger partial charge >= 0.3 is 0 Å². The molecule has 112 heavy (non-hydrogen) atoms. The number of anilines is 12. The third-order valence-corrected chi connectivity index (χ3v) is 21.7. The van der Waals surface area contributed by atoms with Gasteiger partial charge in [-0.15, -0.1) is 0 Å². The maximum atomic E-state index is 16.1. The van der Waals surface area contributed by atoms with Gasteiger partial charge in [-0.3, -0.25) is 0 Å². The number of hydrogen-bond donors (Lipinski definition) is 0. The lowest BCUT2D eigenvalue weighted by molar-refractivity contribution is 0.627. The van der Waals surface area contributed by atoms with Gasteiger partial charge in [-0.1, -0.05) is 197 Å². The third kappa shape index (κ3) is 13.3. The summed E-state index contributed by atoms with van der Waals surface area (Å²) in [5, 5.41) is 9.56. The van der Waals surface area contributed by atoms with E-state index >= 15 is 26.3 Å².